The molecular weight excluding hydrogens is 294 g/mol. The van der Waals surface area contributed by atoms with Crippen LogP contribution >= 0.6 is 0 Å². The largest absolute Gasteiger partial charge is 0.383 e. The Hall–Kier alpha value is -2.02. The number of methoxy groups -OCH3 is 1. The number of benzene rings is 1. The van der Waals surface area contributed by atoms with Crippen molar-refractivity contribution in [3.05, 3.63) is 35.4 Å². The molecule has 2 rings (SSSR count). The summed E-state index contributed by atoms with van der Waals surface area (Å²) in [6, 6.07) is 3.19. The number of hydrogen-bond donors (Lipinski definition) is 1. The summed E-state index contributed by atoms with van der Waals surface area (Å²) in [6.45, 7) is 1.17. The molecule has 0 aliphatic carbocycles. The molecule has 0 aromatic heterocycles. The highest BCUT2D eigenvalue weighted by Crippen LogP contribution is 2.18. The molecule has 1 fully saturated rings. The fourth-order valence-corrected chi connectivity index (χ4v) is 2.36. The van der Waals surface area contributed by atoms with E-state index in [1.807, 2.05) is 0 Å². The van der Waals surface area contributed by atoms with Gasteiger partial charge in [0, 0.05) is 44.8 Å². The molecule has 1 aromatic carbocycles. The fourth-order valence-electron chi connectivity index (χ4n) is 2.36. The van der Waals surface area contributed by atoms with Crippen LogP contribution in [0.4, 0.5) is 8.78 Å². The van der Waals surface area contributed by atoms with E-state index in [1.54, 1.807) is 12.0 Å². The first kappa shape index (κ1) is 16.4. The molecule has 1 aromatic rings. The maximum atomic E-state index is 13.5. The van der Waals surface area contributed by atoms with E-state index in [2.05, 4.69) is 5.32 Å². The van der Waals surface area contributed by atoms with Crippen LogP contribution in [0.25, 0.3) is 0 Å². The fraction of sp³-hybridized carbons (Fsp3) is 0.467. The van der Waals surface area contributed by atoms with Gasteiger partial charge in [0.05, 0.1) is 12.5 Å². The predicted molar refractivity (Wildman–Crippen MR) is 74.8 cm³/mol. The molecule has 2 amide bonds. The first-order valence-electron chi connectivity index (χ1n) is 6.99. The molecule has 0 spiro atoms. The smallest absolute Gasteiger partial charge is 0.225 e. The molecule has 0 saturated carbocycles. The number of nitrogens with one attached hydrogen (secondary N) is 1. The zero-order valence-corrected chi connectivity index (χ0v) is 12.3. The molecule has 1 aliphatic rings. The van der Waals surface area contributed by atoms with E-state index in [0.717, 1.165) is 12.1 Å². The van der Waals surface area contributed by atoms with Crippen molar-refractivity contribution in [3.8, 4) is 0 Å². The maximum absolute atomic E-state index is 13.5. The van der Waals surface area contributed by atoms with Gasteiger partial charge in [0.25, 0.3) is 0 Å². The Morgan fingerprint density at radius 2 is 2.23 bits per heavy atom. The van der Waals surface area contributed by atoms with E-state index in [-0.39, 0.29) is 30.3 Å². The SMILES string of the molecule is COCCN1C[C@@H](C(=O)NCc2ccc(F)cc2F)CC1=O. The van der Waals surface area contributed by atoms with Gasteiger partial charge in [-0.3, -0.25) is 9.59 Å². The average molecular weight is 312 g/mol. The standard InChI is InChI=1S/C15H18F2N2O3/c1-22-5-4-19-9-11(6-14(19)20)15(21)18-8-10-2-3-12(16)7-13(10)17/h2-3,7,11H,4-6,8-9H2,1H3,(H,18,21)/t11-/m0/s1. The Labute approximate surface area is 127 Å². The van der Waals surface area contributed by atoms with Gasteiger partial charge in [0.15, 0.2) is 0 Å². The number of amides is 2. The van der Waals surface area contributed by atoms with Gasteiger partial charge < -0.3 is 15.0 Å². The number of ether oxygens (including phenoxy) is 1. The zero-order valence-electron chi connectivity index (χ0n) is 12.3. The van der Waals surface area contributed by atoms with Crippen LogP contribution in [0, 0.1) is 17.6 Å². The topological polar surface area (TPSA) is 58.6 Å². The number of hydrogen-bond acceptors (Lipinski definition) is 3. The molecule has 120 valence electrons. The van der Waals surface area contributed by atoms with Crippen LogP contribution in [-0.4, -0.2) is 43.5 Å². The highest BCUT2D eigenvalue weighted by Gasteiger charge is 2.33. The highest BCUT2D eigenvalue weighted by atomic mass is 19.1. The molecule has 0 bridgehead atoms. The van der Waals surface area contributed by atoms with Crippen LogP contribution in [0.1, 0.15) is 12.0 Å². The third-order valence-electron chi connectivity index (χ3n) is 3.62. The van der Waals surface area contributed by atoms with Gasteiger partial charge in [-0.25, -0.2) is 8.78 Å². The second-order valence-electron chi connectivity index (χ2n) is 5.19. The minimum Gasteiger partial charge on any atom is -0.383 e. The Balaban J connectivity index is 1.86. The van der Waals surface area contributed by atoms with Gasteiger partial charge in [-0.2, -0.15) is 0 Å². The van der Waals surface area contributed by atoms with Gasteiger partial charge in [-0.05, 0) is 6.07 Å². The molecule has 0 radical (unpaired) electrons. The van der Waals surface area contributed by atoms with Gasteiger partial charge in [0.1, 0.15) is 11.6 Å². The maximum Gasteiger partial charge on any atom is 0.225 e. The van der Waals surface area contributed by atoms with Crippen molar-refractivity contribution < 1.29 is 23.1 Å². The highest BCUT2D eigenvalue weighted by molar-refractivity contribution is 5.89. The van der Waals surface area contributed by atoms with Crippen molar-refractivity contribution >= 4 is 11.8 Å². The lowest BCUT2D eigenvalue weighted by atomic mass is 10.1. The molecule has 1 aliphatic heterocycles. The van der Waals surface area contributed by atoms with Crippen LogP contribution in [0.5, 0.6) is 0 Å². The summed E-state index contributed by atoms with van der Waals surface area (Å²) in [7, 11) is 1.54. The Kier molecular flexibility index (Phi) is 5.43. The minimum absolute atomic E-state index is 0.0340. The molecule has 1 N–H and O–H groups in total. The summed E-state index contributed by atoms with van der Waals surface area (Å²) in [6.07, 6.45) is 0.140. The lowest BCUT2D eigenvalue weighted by molar-refractivity contribution is -0.129. The van der Waals surface area contributed by atoms with E-state index in [0.29, 0.717) is 19.7 Å². The van der Waals surface area contributed by atoms with Crippen molar-refractivity contribution in [1.29, 1.82) is 0 Å². The molecule has 1 atom stereocenters. The first-order valence-corrected chi connectivity index (χ1v) is 6.99. The molecule has 7 heteroatoms. The van der Waals surface area contributed by atoms with E-state index < -0.39 is 17.6 Å². The number of rotatable bonds is 6. The van der Waals surface area contributed by atoms with Crippen molar-refractivity contribution in [3.63, 3.8) is 0 Å². The third-order valence-corrected chi connectivity index (χ3v) is 3.62. The Morgan fingerprint density at radius 3 is 2.91 bits per heavy atom. The number of carbonyl (C=O) groups excluding carboxylic acids is 2. The zero-order chi connectivity index (χ0) is 16.1. The van der Waals surface area contributed by atoms with Crippen LogP contribution in [-0.2, 0) is 20.9 Å². The second kappa shape index (κ2) is 7.31. The molecule has 5 nitrogen and oxygen atoms in total. The van der Waals surface area contributed by atoms with Gasteiger partial charge in [0.2, 0.25) is 11.8 Å². The summed E-state index contributed by atoms with van der Waals surface area (Å²) in [4.78, 5) is 25.4. The van der Waals surface area contributed by atoms with Crippen LogP contribution in [0.2, 0.25) is 0 Å². The molecule has 22 heavy (non-hydrogen) atoms. The molecule has 1 heterocycles. The number of halogens is 2. The monoisotopic (exact) mass is 312 g/mol. The van der Waals surface area contributed by atoms with Crippen molar-refractivity contribution in [2.45, 2.75) is 13.0 Å². The molecular formula is C15H18F2N2O3. The second-order valence-corrected chi connectivity index (χ2v) is 5.19. The third kappa shape index (κ3) is 4.00. The number of nitrogens with zero attached hydrogens (tertiary/aromatic N) is 1. The van der Waals surface area contributed by atoms with E-state index >= 15 is 0 Å². The molecule has 0 unspecified atom stereocenters. The van der Waals surface area contributed by atoms with Gasteiger partial charge >= 0.3 is 0 Å². The van der Waals surface area contributed by atoms with Gasteiger partial charge in [-0.15, -0.1) is 0 Å². The lowest BCUT2D eigenvalue weighted by Crippen LogP contribution is -2.33. The van der Waals surface area contributed by atoms with Crippen molar-refractivity contribution in [1.82, 2.24) is 10.2 Å². The number of carbonyl (C=O) groups is 2. The predicted octanol–water partition coefficient (Wildman–Crippen LogP) is 1.08. The van der Waals surface area contributed by atoms with E-state index in [9.17, 15) is 18.4 Å². The summed E-state index contributed by atoms with van der Waals surface area (Å²) in [5.74, 6) is -2.22. The normalized spacial score (nSPS) is 17.9. The quantitative estimate of drug-likeness (QED) is 0.855. The lowest BCUT2D eigenvalue weighted by Gasteiger charge is -2.15. The van der Waals surface area contributed by atoms with Crippen molar-refractivity contribution in [2.24, 2.45) is 5.92 Å². The summed E-state index contributed by atoms with van der Waals surface area (Å²) >= 11 is 0. The first-order chi connectivity index (χ1) is 10.5. The van der Waals surface area contributed by atoms with Crippen LogP contribution < -0.4 is 5.32 Å². The summed E-state index contributed by atoms with van der Waals surface area (Å²) in [5, 5.41) is 2.59. The minimum atomic E-state index is -0.704. The summed E-state index contributed by atoms with van der Waals surface area (Å²) in [5.41, 5.74) is 0.204. The van der Waals surface area contributed by atoms with Crippen LogP contribution in [0.3, 0.4) is 0 Å². The van der Waals surface area contributed by atoms with Gasteiger partial charge in [-0.1, -0.05) is 6.07 Å². The average Bonchev–Trinajstić information content (AvgIpc) is 2.85. The van der Waals surface area contributed by atoms with E-state index in [4.69, 9.17) is 4.74 Å². The van der Waals surface area contributed by atoms with Crippen molar-refractivity contribution in [2.75, 3.05) is 26.8 Å². The van der Waals surface area contributed by atoms with E-state index in [1.165, 1.54) is 6.07 Å². The Morgan fingerprint density at radius 1 is 1.45 bits per heavy atom. The Bertz CT molecular complexity index is 566. The number of likely N-dealkylation sites (tertiary alicyclic amines) is 1. The molecule has 1 saturated heterocycles. The summed E-state index contributed by atoms with van der Waals surface area (Å²) < 4.78 is 31.2. The van der Waals surface area contributed by atoms with Crippen LogP contribution in [0.15, 0.2) is 18.2 Å².